The van der Waals surface area contributed by atoms with Gasteiger partial charge in [-0.15, -0.1) is 0 Å². The molecule has 1 aliphatic carbocycles. The Balaban J connectivity index is 1.67. The molecule has 128 valence electrons. The quantitative estimate of drug-likeness (QED) is 0.503. The molecule has 0 saturated carbocycles. The van der Waals surface area contributed by atoms with Gasteiger partial charge in [0.15, 0.2) is 0 Å². The minimum Gasteiger partial charge on any atom is -0.493 e. The third kappa shape index (κ3) is 4.39. The second-order valence-electron chi connectivity index (χ2n) is 6.65. The fourth-order valence-corrected chi connectivity index (χ4v) is 3.44. The SMILES string of the molecule is CCCOc1ccc2ccccc2c1CNCCC1=CCCCC1. The van der Waals surface area contributed by atoms with Gasteiger partial charge in [0.25, 0.3) is 0 Å². The van der Waals surface area contributed by atoms with Crippen molar-refractivity contribution in [2.24, 2.45) is 0 Å². The average molecular weight is 323 g/mol. The van der Waals surface area contributed by atoms with Crippen molar-refractivity contribution in [2.75, 3.05) is 13.2 Å². The van der Waals surface area contributed by atoms with Crippen molar-refractivity contribution in [1.82, 2.24) is 5.32 Å². The Morgan fingerprint density at radius 1 is 1.08 bits per heavy atom. The van der Waals surface area contributed by atoms with Crippen molar-refractivity contribution in [1.29, 1.82) is 0 Å². The van der Waals surface area contributed by atoms with E-state index < -0.39 is 0 Å². The van der Waals surface area contributed by atoms with E-state index in [4.69, 9.17) is 4.74 Å². The molecule has 3 rings (SSSR count). The highest BCUT2D eigenvalue weighted by Crippen LogP contribution is 2.28. The van der Waals surface area contributed by atoms with Gasteiger partial charge in [0.2, 0.25) is 0 Å². The first-order valence-electron chi connectivity index (χ1n) is 9.40. The van der Waals surface area contributed by atoms with Crippen LogP contribution in [0.15, 0.2) is 48.0 Å². The number of benzene rings is 2. The number of hydrogen-bond acceptors (Lipinski definition) is 2. The number of allylic oxidation sites excluding steroid dienone is 1. The summed E-state index contributed by atoms with van der Waals surface area (Å²) in [6, 6.07) is 12.9. The van der Waals surface area contributed by atoms with Gasteiger partial charge in [-0.05, 0) is 61.9 Å². The molecule has 24 heavy (non-hydrogen) atoms. The zero-order valence-corrected chi connectivity index (χ0v) is 14.8. The first kappa shape index (κ1) is 17.0. The van der Waals surface area contributed by atoms with Gasteiger partial charge in [0.05, 0.1) is 6.61 Å². The molecule has 2 aromatic carbocycles. The van der Waals surface area contributed by atoms with Crippen LogP contribution in [0.25, 0.3) is 10.8 Å². The maximum Gasteiger partial charge on any atom is 0.124 e. The zero-order chi connectivity index (χ0) is 16.6. The molecular weight excluding hydrogens is 294 g/mol. The van der Waals surface area contributed by atoms with Crippen molar-refractivity contribution in [3.63, 3.8) is 0 Å². The van der Waals surface area contributed by atoms with Crippen LogP contribution in [0, 0.1) is 0 Å². The van der Waals surface area contributed by atoms with Crippen molar-refractivity contribution >= 4 is 10.8 Å². The summed E-state index contributed by atoms with van der Waals surface area (Å²) in [5.74, 6) is 1.03. The highest BCUT2D eigenvalue weighted by molar-refractivity contribution is 5.87. The molecule has 2 aromatic rings. The Bertz CT molecular complexity index is 689. The van der Waals surface area contributed by atoms with E-state index in [0.717, 1.165) is 31.9 Å². The number of ether oxygens (including phenoxy) is 1. The molecular formula is C22H29NO. The van der Waals surface area contributed by atoms with Gasteiger partial charge in [-0.3, -0.25) is 0 Å². The molecule has 1 N–H and O–H groups in total. The fraction of sp³-hybridized carbons (Fsp3) is 0.455. The first-order valence-corrected chi connectivity index (χ1v) is 9.40. The number of rotatable bonds is 8. The maximum absolute atomic E-state index is 5.99. The fourth-order valence-electron chi connectivity index (χ4n) is 3.44. The van der Waals surface area contributed by atoms with Gasteiger partial charge in [0, 0.05) is 12.1 Å². The largest absolute Gasteiger partial charge is 0.493 e. The Morgan fingerprint density at radius 2 is 2.00 bits per heavy atom. The van der Waals surface area contributed by atoms with Gasteiger partial charge >= 0.3 is 0 Å². The summed E-state index contributed by atoms with van der Waals surface area (Å²) in [6.45, 7) is 4.84. The molecule has 0 fully saturated rings. The molecule has 1 aliphatic rings. The topological polar surface area (TPSA) is 21.3 Å². The molecule has 0 aromatic heterocycles. The lowest BCUT2D eigenvalue weighted by Crippen LogP contribution is -2.17. The van der Waals surface area contributed by atoms with Crippen molar-refractivity contribution < 1.29 is 4.74 Å². The Kier molecular flexibility index (Phi) is 6.31. The van der Waals surface area contributed by atoms with Crippen molar-refractivity contribution in [2.45, 2.75) is 52.0 Å². The van der Waals surface area contributed by atoms with Gasteiger partial charge in [-0.1, -0.05) is 48.9 Å². The summed E-state index contributed by atoms with van der Waals surface area (Å²) in [7, 11) is 0. The van der Waals surface area contributed by atoms with Gasteiger partial charge in [-0.25, -0.2) is 0 Å². The van der Waals surface area contributed by atoms with E-state index in [1.807, 2.05) is 0 Å². The van der Waals surface area contributed by atoms with Gasteiger partial charge < -0.3 is 10.1 Å². The molecule has 0 heterocycles. The molecule has 0 radical (unpaired) electrons. The zero-order valence-electron chi connectivity index (χ0n) is 14.8. The van der Waals surface area contributed by atoms with Crippen LogP contribution in [-0.2, 0) is 6.54 Å². The first-order chi connectivity index (χ1) is 11.9. The van der Waals surface area contributed by atoms with Crippen LogP contribution in [0.4, 0.5) is 0 Å². The smallest absolute Gasteiger partial charge is 0.124 e. The van der Waals surface area contributed by atoms with E-state index in [9.17, 15) is 0 Å². The standard InChI is InChI=1S/C22H29NO/c1-2-16-24-22-13-12-19-10-6-7-11-20(19)21(22)17-23-15-14-18-8-4-3-5-9-18/h6-8,10-13,23H,2-5,9,14-17H2,1H3. The van der Waals surface area contributed by atoms with E-state index >= 15 is 0 Å². The predicted octanol–water partition coefficient (Wildman–Crippen LogP) is 5.61. The molecule has 0 spiro atoms. The molecule has 0 unspecified atom stereocenters. The summed E-state index contributed by atoms with van der Waals surface area (Å²) < 4.78 is 5.99. The molecule has 0 atom stereocenters. The highest BCUT2D eigenvalue weighted by atomic mass is 16.5. The van der Waals surface area contributed by atoms with Crippen molar-refractivity contribution in [3.05, 3.63) is 53.6 Å². The Morgan fingerprint density at radius 3 is 2.83 bits per heavy atom. The second kappa shape index (κ2) is 8.89. The highest BCUT2D eigenvalue weighted by Gasteiger charge is 2.09. The average Bonchev–Trinajstić information content (AvgIpc) is 2.65. The lowest BCUT2D eigenvalue weighted by atomic mass is 9.97. The van der Waals surface area contributed by atoms with Crippen LogP contribution in [0.5, 0.6) is 5.75 Å². The van der Waals surface area contributed by atoms with Crippen LogP contribution in [0.1, 0.15) is 51.0 Å². The third-order valence-corrected chi connectivity index (χ3v) is 4.77. The van der Waals surface area contributed by atoms with E-state index in [0.29, 0.717) is 0 Å². The van der Waals surface area contributed by atoms with E-state index in [1.54, 1.807) is 5.57 Å². The van der Waals surface area contributed by atoms with Crippen LogP contribution in [-0.4, -0.2) is 13.2 Å². The van der Waals surface area contributed by atoms with E-state index in [-0.39, 0.29) is 0 Å². The van der Waals surface area contributed by atoms with Gasteiger partial charge in [0.1, 0.15) is 5.75 Å². The van der Waals surface area contributed by atoms with Crippen molar-refractivity contribution in [3.8, 4) is 5.75 Å². The van der Waals surface area contributed by atoms with E-state index in [2.05, 4.69) is 54.7 Å². The summed E-state index contributed by atoms with van der Waals surface area (Å²) in [5.41, 5.74) is 2.92. The number of nitrogens with one attached hydrogen (secondary N) is 1. The van der Waals surface area contributed by atoms with Crippen LogP contribution < -0.4 is 10.1 Å². The summed E-state index contributed by atoms with van der Waals surface area (Å²) in [4.78, 5) is 0. The summed E-state index contributed by atoms with van der Waals surface area (Å²) in [6.07, 6.45) is 9.95. The second-order valence-corrected chi connectivity index (χ2v) is 6.65. The van der Waals surface area contributed by atoms with Crippen LogP contribution in [0.2, 0.25) is 0 Å². The minimum atomic E-state index is 0.776. The van der Waals surface area contributed by atoms with Gasteiger partial charge in [-0.2, -0.15) is 0 Å². The molecule has 2 heteroatoms. The molecule has 2 nitrogen and oxygen atoms in total. The Labute approximate surface area is 145 Å². The summed E-state index contributed by atoms with van der Waals surface area (Å²) in [5, 5.41) is 6.22. The lowest BCUT2D eigenvalue weighted by molar-refractivity contribution is 0.314. The molecule has 0 aliphatic heterocycles. The normalized spacial score (nSPS) is 14.6. The van der Waals surface area contributed by atoms with Crippen LogP contribution >= 0.6 is 0 Å². The van der Waals surface area contributed by atoms with E-state index in [1.165, 1.54) is 48.4 Å². The monoisotopic (exact) mass is 323 g/mol. The number of fused-ring (bicyclic) bond motifs is 1. The molecule has 0 saturated heterocycles. The minimum absolute atomic E-state index is 0.776. The molecule has 0 bridgehead atoms. The molecule has 0 amide bonds. The van der Waals surface area contributed by atoms with Crippen LogP contribution in [0.3, 0.4) is 0 Å². The maximum atomic E-state index is 5.99. The summed E-state index contributed by atoms with van der Waals surface area (Å²) >= 11 is 0. The predicted molar refractivity (Wildman–Crippen MR) is 103 cm³/mol. The lowest BCUT2D eigenvalue weighted by Gasteiger charge is -2.16. The Hall–Kier alpha value is -1.80. The number of hydrogen-bond donors (Lipinski definition) is 1. The third-order valence-electron chi connectivity index (χ3n) is 4.77.